The van der Waals surface area contributed by atoms with Crippen LogP contribution in [0.2, 0.25) is 10.0 Å². The van der Waals surface area contributed by atoms with Crippen molar-refractivity contribution in [2.75, 3.05) is 12.5 Å². The number of rotatable bonds is 8. The molecule has 39 heavy (non-hydrogen) atoms. The van der Waals surface area contributed by atoms with Crippen LogP contribution >= 0.6 is 35.0 Å². The van der Waals surface area contributed by atoms with Crippen LogP contribution in [0.25, 0.3) is 34.0 Å². The minimum absolute atomic E-state index is 0.114. The van der Waals surface area contributed by atoms with Gasteiger partial charge in [0.2, 0.25) is 0 Å². The number of hydrogen-bond donors (Lipinski definition) is 1. The van der Waals surface area contributed by atoms with Crippen molar-refractivity contribution in [1.82, 2.24) is 19.7 Å². The summed E-state index contributed by atoms with van der Waals surface area (Å²) in [6, 6.07) is 22.0. The van der Waals surface area contributed by atoms with E-state index in [0.29, 0.717) is 50.6 Å². The number of halogens is 2. The zero-order valence-corrected chi connectivity index (χ0v) is 24.0. The van der Waals surface area contributed by atoms with E-state index in [2.05, 4.69) is 9.97 Å². The lowest BCUT2D eigenvalue weighted by molar-refractivity contribution is 0.195. The molecule has 1 atom stereocenters. The molecule has 0 aliphatic rings. The van der Waals surface area contributed by atoms with Gasteiger partial charge in [-0.15, -0.1) is 0 Å². The molecule has 2 heterocycles. The van der Waals surface area contributed by atoms with E-state index in [1.807, 2.05) is 60.9 Å². The summed E-state index contributed by atoms with van der Waals surface area (Å²) in [5.41, 5.74) is 3.26. The van der Waals surface area contributed by atoms with E-state index < -0.39 is 11.2 Å². The topological polar surface area (TPSA) is 96.1 Å². The van der Waals surface area contributed by atoms with E-state index in [9.17, 15) is 9.76 Å². The van der Waals surface area contributed by atoms with Gasteiger partial charge in [-0.3, -0.25) is 0 Å². The molecule has 5 aromatic rings. The van der Waals surface area contributed by atoms with Gasteiger partial charge in [0.15, 0.2) is 15.9 Å². The fraction of sp³-hybridized carbons (Fsp3) is 0.107. The van der Waals surface area contributed by atoms with E-state index >= 15 is 0 Å². The highest BCUT2D eigenvalue weighted by atomic mass is 35.5. The standard InChI is InChI=1S/C28H22Cl2N4O3S2/c1-38-28-31-12-11-23(32-28)25-26(18-9-6-10-19(13-18)37-16-17-7-4-3-5-8-17)34(35)27(33-25)24-21(29)14-20(39(2)36)15-22(24)30/h3-15,35H,16H2,1-2H3. The summed E-state index contributed by atoms with van der Waals surface area (Å²) in [6.07, 6.45) is 5.05. The van der Waals surface area contributed by atoms with Gasteiger partial charge in [-0.2, -0.15) is 4.73 Å². The molecular weight excluding hydrogens is 575 g/mol. The Morgan fingerprint density at radius 3 is 2.44 bits per heavy atom. The second-order valence-electron chi connectivity index (χ2n) is 8.39. The van der Waals surface area contributed by atoms with Crippen molar-refractivity contribution in [2.45, 2.75) is 16.7 Å². The maximum absolute atomic E-state index is 12.0. The van der Waals surface area contributed by atoms with Crippen LogP contribution in [0.1, 0.15) is 5.56 Å². The predicted octanol–water partition coefficient (Wildman–Crippen LogP) is 7.26. The van der Waals surface area contributed by atoms with Crippen LogP contribution in [-0.2, 0) is 17.8 Å². The van der Waals surface area contributed by atoms with Crippen LogP contribution in [0.4, 0.5) is 0 Å². The second kappa shape index (κ2) is 11.9. The number of aromatic nitrogens is 4. The average Bonchev–Trinajstić information content (AvgIpc) is 3.28. The molecule has 0 saturated carbocycles. The smallest absolute Gasteiger partial charge is 0.187 e. The Morgan fingerprint density at radius 2 is 1.74 bits per heavy atom. The summed E-state index contributed by atoms with van der Waals surface area (Å²) in [5, 5.41) is 12.5. The van der Waals surface area contributed by atoms with E-state index in [0.717, 1.165) is 10.3 Å². The molecule has 3 aromatic carbocycles. The maximum atomic E-state index is 12.0. The van der Waals surface area contributed by atoms with Gasteiger partial charge in [0, 0.05) is 23.9 Å². The van der Waals surface area contributed by atoms with Gasteiger partial charge < -0.3 is 14.5 Å². The molecular formula is C28H22Cl2N4O3S2. The third-order valence-electron chi connectivity index (χ3n) is 5.84. The molecule has 5 rings (SSSR count). The van der Waals surface area contributed by atoms with Crippen molar-refractivity contribution < 1.29 is 14.5 Å². The summed E-state index contributed by atoms with van der Waals surface area (Å²) >= 11 is 13.3. The summed E-state index contributed by atoms with van der Waals surface area (Å²) in [4.78, 5) is 14.1. The average molecular weight is 598 g/mol. The van der Waals surface area contributed by atoms with Crippen molar-refractivity contribution in [3.8, 4) is 39.8 Å². The number of nitrogens with zero attached hydrogens (tertiary/aromatic N) is 4. The Hall–Kier alpha value is -3.21. The molecule has 0 saturated heterocycles. The van der Waals surface area contributed by atoms with E-state index in [4.69, 9.17) is 32.9 Å². The monoisotopic (exact) mass is 596 g/mol. The molecule has 1 unspecified atom stereocenters. The first-order chi connectivity index (χ1) is 18.9. The Morgan fingerprint density at radius 1 is 1.00 bits per heavy atom. The number of thioether (sulfide) groups is 1. The van der Waals surface area contributed by atoms with Crippen molar-refractivity contribution in [1.29, 1.82) is 0 Å². The number of hydrogen-bond acceptors (Lipinski definition) is 7. The van der Waals surface area contributed by atoms with Crippen LogP contribution < -0.4 is 4.74 Å². The van der Waals surface area contributed by atoms with Gasteiger partial charge in [0.25, 0.3) is 0 Å². The summed E-state index contributed by atoms with van der Waals surface area (Å²) in [7, 11) is 0. The second-order valence-corrected chi connectivity index (χ2v) is 11.4. The number of ether oxygens (including phenoxy) is 1. The number of imidazole rings is 1. The molecule has 0 aliphatic heterocycles. The Kier molecular flexibility index (Phi) is 8.34. The van der Waals surface area contributed by atoms with E-state index in [1.165, 1.54) is 18.0 Å². The molecule has 0 fully saturated rings. The summed E-state index contributed by atoms with van der Waals surface area (Å²) in [6.45, 7) is 0.389. The lowest BCUT2D eigenvalue weighted by Gasteiger charge is -2.12. The first-order valence-electron chi connectivity index (χ1n) is 11.6. The molecule has 0 bridgehead atoms. The van der Waals surface area contributed by atoms with Gasteiger partial charge in [0.1, 0.15) is 30.0 Å². The fourth-order valence-corrected chi connectivity index (χ4v) is 5.70. The normalized spacial score (nSPS) is 11.9. The van der Waals surface area contributed by atoms with Crippen molar-refractivity contribution in [3.05, 3.63) is 94.6 Å². The highest BCUT2D eigenvalue weighted by Gasteiger charge is 2.26. The first kappa shape index (κ1) is 27.4. The summed E-state index contributed by atoms with van der Waals surface area (Å²) < 4.78 is 19.0. The molecule has 0 radical (unpaired) electrons. The Labute approximate surface area is 243 Å². The third-order valence-corrected chi connectivity index (χ3v) is 7.90. The van der Waals surface area contributed by atoms with Crippen molar-refractivity contribution in [3.63, 3.8) is 0 Å². The molecule has 0 amide bonds. The highest BCUT2D eigenvalue weighted by molar-refractivity contribution is 7.98. The lowest BCUT2D eigenvalue weighted by atomic mass is 10.1. The predicted molar refractivity (Wildman–Crippen MR) is 156 cm³/mol. The SMILES string of the molecule is CSc1nccc(-c2nc(-c3c(Cl)cc([S+](C)[O-])cc3Cl)n(O)c2-c2cccc(OCc3ccccc3)c2)n1. The molecule has 1 N–H and O–H groups in total. The maximum Gasteiger partial charge on any atom is 0.187 e. The summed E-state index contributed by atoms with van der Waals surface area (Å²) in [5.74, 6) is 0.728. The molecule has 7 nitrogen and oxygen atoms in total. The molecule has 0 aliphatic carbocycles. The van der Waals surface area contributed by atoms with Crippen molar-refractivity contribution >= 4 is 46.1 Å². The van der Waals surface area contributed by atoms with Crippen LogP contribution in [0, 0.1) is 0 Å². The van der Waals surface area contributed by atoms with Gasteiger partial charge in [0.05, 0.1) is 21.3 Å². The minimum atomic E-state index is -1.29. The number of benzene rings is 3. The highest BCUT2D eigenvalue weighted by Crippen LogP contribution is 2.41. The largest absolute Gasteiger partial charge is 0.612 e. The quantitative estimate of drug-likeness (QED) is 0.0871. The Balaban J connectivity index is 1.65. The zero-order valence-electron chi connectivity index (χ0n) is 20.8. The Bertz CT molecular complexity index is 1610. The molecule has 0 spiro atoms. The van der Waals surface area contributed by atoms with Crippen LogP contribution in [0.15, 0.2) is 89.0 Å². The molecule has 2 aromatic heterocycles. The van der Waals surface area contributed by atoms with Crippen LogP contribution in [-0.4, -0.2) is 42.0 Å². The van der Waals surface area contributed by atoms with Crippen LogP contribution in [0.5, 0.6) is 5.75 Å². The van der Waals surface area contributed by atoms with Gasteiger partial charge in [-0.25, -0.2) is 15.0 Å². The molecule has 198 valence electrons. The van der Waals surface area contributed by atoms with Gasteiger partial charge >= 0.3 is 0 Å². The van der Waals surface area contributed by atoms with E-state index in [1.54, 1.807) is 24.4 Å². The van der Waals surface area contributed by atoms with Gasteiger partial charge in [-0.1, -0.05) is 77.4 Å². The fourth-order valence-electron chi connectivity index (χ4n) is 3.99. The minimum Gasteiger partial charge on any atom is -0.612 e. The van der Waals surface area contributed by atoms with Gasteiger partial charge in [-0.05, 0) is 41.2 Å². The third kappa shape index (κ3) is 5.88. The lowest BCUT2D eigenvalue weighted by Crippen LogP contribution is -2.01. The molecule has 11 heteroatoms. The van der Waals surface area contributed by atoms with Crippen LogP contribution in [0.3, 0.4) is 0 Å². The zero-order chi connectivity index (χ0) is 27.5. The first-order valence-corrected chi connectivity index (χ1v) is 15.2. The van der Waals surface area contributed by atoms with E-state index in [-0.39, 0.29) is 15.9 Å². The van der Waals surface area contributed by atoms with Crippen molar-refractivity contribution in [2.24, 2.45) is 0 Å².